The SMILES string of the molecule is CC(=O)C[C@H](NC(=O)CCCc1ccccc1)B(O)O.CC(=O)C[C@H](NC(=O)c1ccc(-c2ccccc2)cc1)B(O)O.CCCC(=O)N[C@@H](CC(C)=O)B(O)O. The third kappa shape index (κ3) is 22.4. The van der Waals surface area contributed by atoms with Crippen molar-refractivity contribution in [2.24, 2.45) is 0 Å². The first-order valence-electron chi connectivity index (χ1n) is 18.6. The van der Waals surface area contributed by atoms with E-state index in [-0.39, 0.29) is 54.8 Å². The van der Waals surface area contributed by atoms with Crippen LogP contribution in [0.15, 0.2) is 84.9 Å². The minimum atomic E-state index is -1.79. The van der Waals surface area contributed by atoms with Gasteiger partial charge in [-0.05, 0) is 68.9 Å². The number of hydrogen-bond donors (Lipinski definition) is 9. The molecule has 3 atom stereocenters. The lowest BCUT2D eigenvalue weighted by atomic mass is 9.76. The van der Waals surface area contributed by atoms with Crippen LogP contribution in [0.1, 0.15) is 88.6 Å². The first-order chi connectivity index (χ1) is 26.9. The normalized spacial score (nSPS) is 11.8. The van der Waals surface area contributed by atoms with Crippen LogP contribution in [0.4, 0.5) is 0 Å². The summed E-state index contributed by atoms with van der Waals surface area (Å²) in [5.74, 6) is -4.48. The number of aryl methyl sites for hydroxylation is 1. The molecule has 0 fully saturated rings. The molecule has 3 aromatic carbocycles. The fraction of sp³-hybridized carbons (Fsp3) is 0.385. The maximum absolute atomic E-state index is 12.1. The lowest BCUT2D eigenvalue weighted by molar-refractivity contribution is -0.123. The Balaban J connectivity index is 0.000000441. The van der Waals surface area contributed by atoms with Crippen molar-refractivity contribution in [3.63, 3.8) is 0 Å². The van der Waals surface area contributed by atoms with Crippen molar-refractivity contribution in [1.82, 2.24) is 16.0 Å². The molecule has 3 amide bonds. The molecule has 0 saturated heterocycles. The Morgan fingerprint density at radius 3 is 1.32 bits per heavy atom. The molecule has 0 aliphatic heterocycles. The number of hydrogen-bond acceptors (Lipinski definition) is 12. The predicted octanol–water partition coefficient (Wildman–Crippen LogP) is 1.19. The number of ketones is 3. The average Bonchev–Trinajstić information content (AvgIpc) is 3.15. The molecule has 15 nitrogen and oxygen atoms in total. The minimum Gasteiger partial charge on any atom is -0.426 e. The molecule has 0 aliphatic carbocycles. The van der Waals surface area contributed by atoms with E-state index in [4.69, 9.17) is 20.1 Å². The molecule has 0 aliphatic rings. The smallest absolute Gasteiger partial charge is 0.426 e. The molecule has 3 aromatic rings. The number of carbonyl (C=O) groups excluding carboxylic acids is 6. The van der Waals surface area contributed by atoms with Gasteiger partial charge in [0, 0.05) is 37.7 Å². The van der Waals surface area contributed by atoms with E-state index in [0.717, 1.165) is 23.1 Å². The Morgan fingerprint density at radius 2 is 0.912 bits per heavy atom. The van der Waals surface area contributed by atoms with Crippen LogP contribution in [0.3, 0.4) is 0 Å². The van der Waals surface area contributed by atoms with Gasteiger partial charge >= 0.3 is 21.4 Å². The highest BCUT2D eigenvalue weighted by atomic mass is 16.4. The van der Waals surface area contributed by atoms with Crippen LogP contribution >= 0.6 is 0 Å². The lowest BCUT2D eigenvalue weighted by Gasteiger charge is -2.16. The zero-order valence-electron chi connectivity index (χ0n) is 32.8. The zero-order valence-corrected chi connectivity index (χ0v) is 32.8. The molecule has 18 heteroatoms. The van der Waals surface area contributed by atoms with E-state index < -0.39 is 45.1 Å². The monoisotopic (exact) mass is 789 g/mol. The largest absolute Gasteiger partial charge is 0.475 e. The fourth-order valence-electron chi connectivity index (χ4n) is 5.20. The Kier molecular flexibility index (Phi) is 24.2. The van der Waals surface area contributed by atoms with Crippen molar-refractivity contribution in [2.45, 2.75) is 96.9 Å². The highest BCUT2D eigenvalue weighted by molar-refractivity contribution is 6.45. The zero-order chi connectivity index (χ0) is 42.9. The van der Waals surface area contributed by atoms with Crippen molar-refractivity contribution in [3.8, 4) is 11.1 Å². The molecule has 57 heavy (non-hydrogen) atoms. The van der Waals surface area contributed by atoms with Gasteiger partial charge in [-0.15, -0.1) is 0 Å². The van der Waals surface area contributed by atoms with Crippen LogP contribution in [0.25, 0.3) is 11.1 Å². The highest BCUT2D eigenvalue weighted by Gasteiger charge is 2.28. The van der Waals surface area contributed by atoms with Gasteiger partial charge in [0.25, 0.3) is 5.91 Å². The van der Waals surface area contributed by atoms with Crippen molar-refractivity contribution >= 4 is 56.4 Å². The Bertz CT molecular complexity index is 1680. The number of amides is 3. The second-order valence-electron chi connectivity index (χ2n) is 13.4. The van der Waals surface area contributed by atoms with Gasteiger partial charge in [-0.25, -0.2) is 0 Å². The van der Waals surface area contributed by atoms with E-state index >= 15 is 0 Å². The Labute approximate surface area is 334 Å². The minimum absolute atomic E-state index is 0.0624. The van der Waals surface area contributed by atoms with E-state index in [1.807, 2.05) is 79.7 Å². The number of rotatable bonds is 20. The van der Waals surface area contributed by atoms with E-state index in [2.05, 4.69) is 16.0 Å². The lowest BCUT2D eigenvalue weighted by Crippen LogP contribution is -2.47. The summed E-state index contributed by atoms with van der Waals surface area (Å²) in [6.07, 6.45) is 2.47. The first-order valence-corrected chi connectivity index (χ1v) is 18.6. The predicted molar refractivity (Wildman–Crippen MR) is 218 cm³/mol. The van der Waals surface area contributed by atoms with Gasteiger partial charge in [0.2, 0.25) is 11.8 Å². The summed E-state index contributed by atoms with van der Waals surface area (Å²) in [7, 11) is -5.21. The summed E-state index contributed by atoms with van der Waals surface area (Å²) in [6.45, 7) is 5.85. The van der Waals surface area contributed by atoms with E-state index in [1.54, 1.807) is 12.1 Å². The average molecular weight is 789 g/mol. The Morgan fingerprint density at radius 1 is 0.526 bits per heavy atom. The van der Waals surface area contributed by atoms with Crippen molar-refractivity contribution in [3.05, 3.63) is 96.1 Å². The molecule has 0 spiro atoms. The molecule has 9 N–H and O–H groups in total. The maximum Gasteiger partial charge on any atom is 0.475 e. The number of Topliss-reactive ketones (excluding diaryl/α,β-unsaturated/α-hetero) is 3. The van der Waals surface area contributed by atoms with E-state index in [1.165, 1.54) is 20.8 Å². The molecule has 0 radical (unpaired) electrons. The molecular formula is C39H54B3N3O12. The summed E-state index contributed by atoms with van der Waals surface area (Å²) in [6, 6.07) is 26.5. The van der Waals surface area contributed by atoms with Gasteiger partial charge in [-0.3, -0.25) is 28.8 Å². The van der Waals surface area contributed by atoms with Gasteiger partial charge in [0.05, 0.1) is 17.8 Å². The quantitative estimate of drug-likeness (QED) is 0.0732. The summed E-state index contributed by atoms with van der Waals surface area (Å²) in [5.41, 5.74) is 3.56. The molecule has 0 unspecified atom stereocenters. The van der Waals surface area contributed by atoms with Crippen LogP contribution in [0.5, 0.6) is 0 Å². The third-order valence-corrected chi connectivity index (χ3v) is 8.05. The van der Waals surface area contributed by atoms with Crippen LogP contribution in [0.2, 0.25) is 0 Å². The van der Waals surface area contributed by atoms with E-state index in [0.29, 0.717) is 24.8 Å². The van der Waals surface area contributed by atoms with E-state index in [9.17, 15) is 38.8 Å². The second-order valence-corrected chi connectivity index (χ2v) is 13.4. The summed E-state index contributed by atoms with van der Waals surface area (Å²) in [5, 5.41) is 61.7. The van der Waals surface area contributed by atoms with Crippen LogP contribution in [-0.4, -0.2) is 104 Å². The molecule has 0 heterocycles. The molecule has 306 valence electrons. The van der Waals surface area contributed by atoms with Gasteiger partial charge in [0.15, 0.2) is 0 Å². The fourth-order valence-corrected chi connectivity index (χ4v) is 5.20. The molecule has 3 rings (SSSR count). The summed E-state index contributed by atoms with van der Waals surface area (Å²) >= 11 is 0. The summed E-state index contributed by atoms with van der Waals surface area (Å²) in [4.78, 5) is 67.7. The van der Waals surface area contributed by atoms with Gasteiger partial charge in [-0.1, -0.05) is 79.7 Å². The highest BCUT2D eigenvalue weighted by Crippen LogP contribution is 2.19. The Hall–Kier alpha value is -4.97. The molecule has 0 saturated carbocycles. The standard InChI is InChI=1S/C17H18BNO4.C14H20BNO4.C8H16BNO4/c1-12(20)11-16(18(22)23)19-17(21)15-9-7-14(8-10-15)13-5-3-2-4-6-13;1-11(17)10-13(15(19)20)16-14(18)9-5-8-12-6-3-2-4-7-12;1-3-4-8(12)10-7(9(13)14)5-6(2)11/h2-10,16,22-23H,11H2,1H3,(H,19,21);2-4,6-7,13,19-20H,5,8-10H2,1H3,(H,16,18);7,13-14H,3-5H2,1-2H3,(H,10,12)/t16-;13-;7-/m000/s1. The van der Waals surface area contributed by atoms with Crippen molar-refractivity contribution < 1.29 is 58.9 Å². The number of nitrogens with one attached hydrogen (secondary N) is 3. The van der Waals surface area contributed by atoms with Crippen LogP contribution in [0, 0.1) is 0 Å². The topological polar surface area (TPSA) is 260 Å². The van der Waals surface area contributed by atoms with Crippen molar-refractivity contribution in [1.29, 1.82) is 0 Å². The van der Waals surface area contributed by atoms with Crippen LogP contribution < -0.4 is 16.0 Å². The molecule has 0 aromatic heterocycles. The van der Waals surface area contributed by atoms with Crippen molar-refractivity contribution in [2.75, 3.05) is 0 Å². The first kappa shape index (κ1) is 50.1. The third-order valence-electron chi connectivity index (χ3n) is 8.05. The van der Waals surface area contributed by atoms with Gasteiger partial charge < -0.3 is 46.1 Å². The van der Waals surface area contributed by atoms with Gasteiger partial charge in [0.1, 0.15) is 17.3 Å². The number of benzene rings is 3. The summed E-state index contributed by atoms with van der Waals surface area (Å²) < 4.78 is 0. The second kappa shape index (κ2) is 27.6. The number of carbonyl (C=O) groups is 6. The maximum atomic E-state index is 12.1. The van der Waals surface area contributed by atoms with Gasteiger partial charge in [-0.2, -0.15) is 0 Å². The molecular weight excluding hydrogens is 735 g/mol. The van der Waals surface area contributed by atoms with Crippen LogP contribution in [-0.2, 0) is 30.4 Å². The molecule has 0 bridgehead atoms.